The number of nitrogens with zero attached hydrogens (tertiary/aromatic N) is 2. The van der Waals surface area contributed by atoms with Crippen LogP contribution in [0.25, 0.3) is 0 Å². The van der Waals surface area contributed by atoms with Crippen LogP contribution in [-0.4, -0.2) is 48.5 Å². The van der Waals surface area contributed by atoms with Crippen LogP contribution in [0.3, 0.4) is 0 Å². The normalized spacial score (nSPS) is 10.6. The Hall–Kier alpha value is -3.16. The van der Waals surface area contributed by atoms with Crippen LogP contribution in [-0.2, 0) is 29.2 Å². The summed E-state index contributed by atoms with van der Waals surface area (Å²) in [6, 6.07) is 21.5. The molecule has 0 saturated heterocycles. The average Bonchev–Trinajstić information content (AvgIpc) is 3.27. The predicted octanol–water partition coefficient (Wildman–Crippen LogP) is 4.83. The zero-order chi connectivity index (χ0) is 24.2. The van der Waals surface area contributed by atoms with Crippen LogP contribution in [0.15, 0.2) is 72.1 Å². The Labute approximate surface area is 206 Å². The van der Waals surface area contributed by atoms with E-state index in [1.165, 1.54) is 5.56 Å². The van der Waals surface area contributed by atoms with Gasteiger partial charge >= 0.3 is 6.03 Å². The summed E-state index contributed by atoms with van der Waals surface area (Å²) in [5.41, 5.74) is 3.25. The molecule has 3 amide bonds. The molecular weight excluding hydrogens is 446 g/mol. The summed E-state index contributed by atoms with van der Waals surface area (Å²) in [5, 5.41) is 5.00. The van der Waals surface area contributed by atoms with Crippen molar-refractivity contribution in [2.24, 2.45) is 0 Å². The predicted molar refractivity (Wildman–Crippen MR) is 136 cm³/mol. The molecule has 2 aromatic carbocycles. The Morgan fingerprint density at radius 1 is 0.912 bits per heavy atom. The molecule has 180 valence electrons. The topological polar surface area (TPSA) is 61.9 Å². The van der Waals surface area contributed by atoms with Gasteiger partial charge in [0.2, 0.25) is 5.91 Å². The third kappa shape index (κ3) is 8.01. The van der Waals surface area contributed by atoms with Crippen molar-refractivity contribution in [1.82, 2.24) is 15.1 Å². The Balaban J connectivity index is 1.71. The van der Waals surface area contributed by atoms with Crippen LogP contribution in [0.5, 0.6) is 0 Å². The van der Waals surface area contributed by atoms with Crippen molar-refractivity contribution in [1.29, 1.82) is 0 Å². The van der Waals surface area contributed by atoms with Gasteiger partial charge in [0, 0.05) is 38.2 Å². The maximum Gasteiger partial charge on any atom is 0.318 e. The number of hydrogen-bond acceptors (Lipinski definition) is 4. The van der Waals surface area contributed by atoms with Gasteiger partial charge in [0.05, 0.1) is 6.54 Å². The van der Waals surface area contributed by atoms with Crippen LogP contribution < -0.4 is 5.32 Å². The first-order valence-electron chi connectivity index (χ1n) is 11.5. The minimum absolute atomic E-state index is 0.0155. The molecule has 0 aliphatic heterocycles. The number of rotatable bonds is 12. The summed E-state index contributed by atoms with van der Waals surface area (Å²) in [6.07, 6.45) is 0.658. The quantitative estimate of drug-likeness (QED) is 0.379. The maximum atomic E-state index is 13.5. The number of nitrogens with one attached hydrogen (secondary N) is 1. The number of urea groups is 1. The first-order valence-corrected chi connectivity index (χ1v) is 12.3. The fourth-order valence-corrected chi connectivity index (χ4v) is 4.50. The van der Waals surface area contributed by atoms with Gasteiger partial charge in [-0.05, 0) is 41.5 Å². The smallest absolute Gasteiger partial charge is 0.318 e. The number of thiophene rings is 1. The molecule has 34 heavy (non-hydrogen) atoms. The summed E-state index contributed by atoms with van der Waals surface area (Å²) >= 11 is 1.65. The van der Waals surface area contributed by atoms with E-state index in [2.05, 4.69) is 18.3 Å². The van der Waals surface area contributed by atoms with Crippen molar-refractivity contribution in [3.63, 3.8) is 0 Å². The van der Waals surface area contributed by atoms with Gasteiger partial charge in [0.1, 0.15) is 6.54 Å². The zero-order valence-corrected chi connectivity index (χ0v) is 20.7. The number of aryl methyl sites for hydroxylation is 1. The summed E-state index contributed by atoms with van der Waals surface area (Å²) in [7, 11) is 1.63. The Morgan fingerprint density at radius 2 is 1.59 bits per heavy atom. The molecule has 1 N–H and O–H groups in total. The summed E-state index contributed by atoms with van der Waals surface area (Å²) in [5.74, 6) is -0.0797. The highest BCUT2D eigenvalue weighted by Crippen LogP contribution is 2.19. The lowest BCUT2D eigenvalue weighted by Crippen LogP contribution is -2.46. The first-order chi connectivity index (χ1) is 16.6. The van der Waals surface area contributed by atoms with Crippen LogP contribution in [0.2, 0.25) is 0 Å². The highest BCUT2D eigenvalue weighted by Gasteiger charge is 2.22. The van der Waals surface area contributed by atoms with Crippen molar-refractivity contribution in [3.05, 3.63) is 93.7 Å². The molecule has 0 bridgehead atoms. The monoisotopic (exact) mass is 479 g/mol. The fourth-order valence-electron chi connectivity index (χ4n) is 3.58. The molecule has 0 unspecified atom stereocenters. The molecule has 0 aliphatic rings. The van der Waals surface area contributed by atoms with Crippen molar-refractivity contribution in [2.75, 3.05) is 26.8 Å². The third-order valence-corrected chi connectivity index (χ3v) is 6.56. The minimum Gasteiger partial charge on any atom is -0.385 e. The van der Waals surface area contributed by atoms with Crippen LogP contribution in [0.1, 0.15) is 28.0 Å². The van der Waals surface area contributed by atoms with Gasteiger partial charge in [0.15, 0.2) is 0 Å². The Kier molecular flexibility index (Phi) is 10.1. The number of amides is 3. The maximum absolute atomic E-state index is 13.5. The second-order valence-electron chi connectivity index (χ2n) is 8.17. The summed E-state index contributed by atoms with van der Waals surface area (Å²) in [4.78, 5) is 31.1. The summed E-state index contributed by atoms with van der Waals surface area (Å²) < 4.78 is 5.16. The largest absolute Gasteiger partial charge is 0.385 e. The lowest BCUT2D eigenvalue weighted by Gasteiger charge is -2.28. The Morgan fingerprint density at radius 3 is 2.21 bits per heavy atom. The van der Waals surface area contributed by atoms with E-state index in [-0.39, 0.29) is 18.5 Å². The van der Waals surface area contributed by atoms with Crippen molar-refractivity contribution < 1.29 is 14.3 Å². The number of benzene rings is 2. The second-order valence-corrected chi connectivity index (χ2v) is 9.18. The van der Waals surface area contributed by atoms with Crippen molar-refractivity contribution >= 4 is 23.3 Å². The molecule has 3 aromatic rings. The molecule has 0 saturated carbocycles. The van der Waals surface area contributed by atoms with E-state index >= 15 is 0 Å². The standard InChI is InChI=1S/C27H33N3O3S/c1-22-14-17-34-25(22)20-30(19-24-12-7-4-8-13-24)26(31)21-29(15-9-16-33-2)27(32)28-18-23-10-5-3-6-11-23/h3-8,10-14,17H,9,15-16,18-21H2,1-2H3,(H,28,32). The molecule has 0 radical (unpaired) electrons. The van der Waals surface area contributed by atoms with Crippen LogP contribution >= 0.6 is 11.3 Å². The van der Waals surface area contributed by atoms with Gasteiger partial charge in [-0.3, -0.25) is 4.79 Å². The average molecular weight is 480 g/mol. The van der Waals surface area contributed by atoms with Gasteiger partial charge in [-0.2, -0.15) is 0 Å². The molecule has 7 heteroatoms. The fraction of sp³-hybridized carbons (Fsp3) is 0.333. The van der Waals surface area contributed by atoms with Crippen molar-refractivity contribution in [3.8, 4) is 0 Å². The minimum atomic E-state index is -0.250. The SMILES string of the molecule is COCCCN(CC(=O)N(Cc1ccccc1)Cc1sccc1C)C(=O)NCc1ccccc1. The third-order valence-electron chi connectivity index (χ3n) is 5.55. The van der Waals surface area contributed by atoms with E-state index in [1.54, 1.807) is 23.3 Å². The lowest BCUT2D eigenvalue weighted by atomic mass is 10.2. The van der Waals surface area contributed by atoms with Crippen LogP contribution in [0.4, 0.5) is 4.79 Å². The molecule has 6 nitrogen and oxygen atoms in total. The van der Waals surface area contributed by atoms with Gasteiger partial charge in [-0.25, -0.2) is 4.79 Å². The number of carbonyl (C=O) groups is 2. The van der Waals surface area contributed by atoms with E-state index in [9.17, 15) is 9.59 Å². The number of carbonyl (C=O) groups excluding carboxylic acids is 2. The van der Waals surface area contributed by atoms with Gasteiger partial charge in [-0.15, -0.1) is 11.3 Å². The highest BCUT2D eigenvalue weighted by molar-refractivity contribution is 7.10. The van der Waals surface area contributed by atoms with Gasteiger partial charge < -0.3 is 19.9 Å². The summed E-state index contributed by atoms with van der Waals surface area (Å²) in [6.45, 7) is 4.48. The molecule has 3 rings (SSSR count). The lowest BCUT2D eigenvalue weighted by molar-refractivity contribution is -0.133. The number of hydrogen-bond donors (Lipinski definition) is 1. The number of methoxy groups -OCH3 is 1. The van der Waals surface area contributed by atoms with Crippen molar-refractivity contribution in [2.45, 2.75) is 33.0 Å². The van der Waals surface area contributed by atoms with E-state index in [1.807, 2.05) is 70.9 Å². The molecule has 1 aromatic heterocycles. The molecule has 1 heterocycles. The van der Waals surface area contributed by atoms with E-state index in [0.29, 0.717) is 39.2 Å². The van der Waals surface area contributed by atoms with Gasteiger partial charge in [0.25, 0.3) is 0 Å². The van der Waals surface area contributed by atoms with E-state index in [4.69, 9.17) is 4.74 Å². The van der Waals surface area contributed by atoms with Crippen LogP contribution in [0, 0.1) is 6.92 Å². The molecular formula is C27H33N3O3S. The molecule has 0 spiro atoms. The molecule has 0 aliphatic carbocycles. The number of ether oxygens (including phenoxy) is 1. The van der Waals surface area contributed by atoms with E-state index in [0.717, 1.165) is 16.0 Å². The molecule has 0 atom stereocenters. The highest BCUT2D eigenvalue weighted by atomic mass is 32.1. The van der Waals surface area contributed by atoms with E-state index < -0.39 is 0 Å². The van der Waals surface area contributed by atoms with Gasteiger partial charge in [-0.1, -0.05) is 60.7 Å². The Bertz CT molecular complexity index is 1020. The zero-order valence-electron chi connectivity index (χ0n) is 19.9. The molecule has 0 fully saturated rings. The first kappa shape index (κ1) is 25.5. The second kappa shape index (κ2) is 13.5.